The molecule has 0 bridgehead atoms. The summed E-state index contributed by atoms with van der Waals surface area (Å²) in [6.45, 7) is 7.03. The van der Waals surface area contributed by atoms with Gasteiger partial charge in [-0.15, -0.1) is 5.10 Å². The highest BCUT2D eigenvalue weighted by atomic mass is 16.5. The summed E-state index contributed by atoms with van der Waals surface area (Å²) >= 11 is 0. The van der Waals surface area contributed by atoms with Crippen LogP contribution >= 0.6 is 0 Å². The number of ether oxygens (including phenoxy) is 2. The first kappa shape index (κ1) is 26.2. The number of tetrazole rings is 1. The van der Waals surface area contributed by atoms with E-state index in [0.717, 1.165) is 16.7 Å². The molecule has 10 nitrogen and oxygen atoms in total. The van der Waals surface area contributed by atoms with Crippen LogP contribution in [0.1, 0.15) is 49.5 Å². The van der Waals surface area contributed by atoms with Gasteiger partial charge in [-0.2, -0.15) is 0 Å². The highest BCUT2D eigenvalue weighted by molar-refractivity contribution is 5.83. The summed E-state index contributed by atoms with van der Waals surface area (Å²) in [5, 5.41) is 13.6. The van der Waals surface area contributed by atoms with Crippen molar-refractivity contribution in [2.75, 3.05) is 14.2 Å². The Balaban J connectivity index is 1.74. The number of nitrogens with one attached hydrogen (secondary N) is 1. The van der Waals surface area contributed by atoms with Crippen molar-refractivity contribution in [3.8, 4) is 11.5 Å². The molecular formula is C29H32N6O4. The van der Waals surface area contributed by atoms with Gasteiger partial charge in [0, 0.05) is 23.6 Å². The fraction of sp³-hybridized carbons (Fsp3) is 0.310. The van der Waals surface area contributed by atoms with Crippen LogP contribution in [0.2, 0.25) is 0 Å². The van der Waals surface area contributed by atoms with E-state index in [0.29, 0.717) is 41.5 Å². The van der Waals surface area contributed by atoms with Gasteiger partial charge in [0.25, 0.3) is 5.56 Å². The van der Waals surface area contributed by atoms with Crippen molar-refractivity contribution >= 4 is 10.9 Å². The first-order valence-electron chi connectivity index (χ1n) is 12.7. The minimum Gasteiger partial charge on any atom is -0.493 e. The van der Waals surface area contributed by atoms with Crippen molar-refractivity contribution in [2.45, 2.75) is 45.4 Å². The molecule has 3 heterocycles. The maximum absolute atomic E-state index is 13.8. The lowest BCUT2D eigenvalue weighted by Gasteiger charge is -2.32. The van der Waals surface area contributed by atoms with Crippen molar-refractivity contribution in [2.24, 2.45) is 0 Å². The van der Waals surface area contributed by atoms with Gasteiger partial charge in [-0.25, -0.2) is 4.68 Å². The number of aromatic amines is 1. The number of hydrogen-bond donors (Lipinski definition) is 1. The molecule has 0 amide bonds. The van der Waals surface area contributed by atoms with Crippen molar-refractivity contribution in [3.63, 3.8) is 0 Å². The first-order valence-corrected chi connectivity index (χ1v) is 12.7. The molecule has 0 aliphatic carbocycles. The van der Waals surface area contributed by atoms with Gasteiger partial charge in [-0.3, -0.25) is 9.69 Å². The largest absolute Gasteiger partial charge is 0.493 e. The molecule has 202 valence electrons. The van der Waals surface area contributed by atoms with E-state index in [9.17, 15) is 4.79 Å². The van der Waals surface area contributed by atoms with Gasteiger partial charge in [-0.1, -0.05) is 30.3 Å². The van der Waals surface area contributed by atoms with E-state index in [1.54, 1.807) is 31.2 Å². The average molecular weight is 529 g/mol. The first-order chi connectivity index (χ1) is 18.8. The van der Waals surface area contributed by atoms with Crippen molar-refractivity contribution in [3.05, 3.63) is 100.0 Å². The van der Waals surface area contributed by atoms with E-state index in [2.05, 4.69) is 37.5 Å². The number of fused-ring (bicyclic) bond motifs is 1. The fourth-order valence-corrected chi connectivity index (χ4v) is 4.75. The number of H-pyrrole nitrogens is 1. The topological polar surface area (TPSA) is 111 Å². The smallest absolute Gasteiger partial charge is 0.253 e. The maximum Gasteiger partial charge on any atom is 0.253 e. The molecule has 5 rings (SSSR count). The van der Waals surface area contributed by atoms with Gasteiger partial charge in [0.2, 0.25) is 0 Å². The van der Waals surface area contributed by atoms with Crippen molar-refractivity contribution in [1.29, 1.82) is 0 Å². The second-order valence-electron chi connectivity index (χ2n) is 10.3. The van der Waals surface area contributed by atoms with Crippen LogP contribution in [0, 0.1) is 0 Å². The summed E-state index contributed by atoms with van der Waals surface area (Å²) in [6.07, 6.45) is 1.65. The van der Waals surface area contributed by atoms with Crippen molar-refractivity contribution < 1.29 is 13.9 Å². The van der Waals surface area contributed by atoms with Gasteiger partial charge in [0.15, 0.2) is 17.3 Å². The molecule has 2 aromatic carbocycles. The Morgan fingerprint density at radius 2 is 1.74 bits per heavy atom. The van der Waals surface area contributed by atoms with Gasteiger partial charge in [0.1, 0.15) is 11.8 Å². The van der Waals surface area contributed by atoms with Crippen LogP contribution in [0.4, 0.5) is 0 Å². The highest BCUT2D eigenvalue weighted by Crippen LogP contribution is 2.35. The van der Waals surface area contributed by atoms with Gasteiger partial charge >= 0.3 is 0 Å². The lowest BCUT2D eigenvalue weighted by Crippen LogP contribution is -2.37. The van der Waals surface area contributed by atoms with Crippen LogP contribution < -0.4 is 15.0 Å². The van der Waals surface area contributed by atoms with E-state index < -0.39 is 11.6 Å². The van der Waals surface area contributed by atoms with Gasteiger partial charge in [-0.05, 0) is 61.0 Å². The molecule has 0 aliphatic rings. The molecule has 1 N–H and O–H groups in total. The minimum atomic E-state index is -0.606. The normalized spacial score (nSPS) is 12.7. The number of benzene rings is 2. The molecule has 3 aromatic heterocycles. The lowest BCUT2D eigenvalue weighted by molar-refractivity contribution is 0.171. The van der Waals surface area contributed by atoms with Crippen LogP contribution in [0.15, 0.2) is 76.1 Å². The SMILES string of the molecule is COc1cc2cc(C(c3nnnn3C(C)(C)C)N(Cc3ccccc3)Cc3ccco3)c(=O)[nH]c2cc1OC. The molecule has 0 fully saturated rings. The van der Waals surface area contributed by atoms with Gasteiger partial charge in [0.05, 0.1) is 38.1 Å². The Morgan fingerprint density at radius 3 is 2.41 bits per heavy atom. The molecule has 0 saturated carbocycles. The molecule has 0 radical (unpaired) electrons. The number of aromatic nitrogens is 5. The van der Waals surface area contributed by atoms with Crippen LogP contribution in [-0.2, 0) is 18.6 Å². The Hall–Kier alpha value is -4.44. The number of rotatable bonds is 9. The molecule has 0 saturated heterocycles. The molecule has 1 atom stereocenters. The van der Waals surface area contributed by atoms with Crippen LogP contribution in [0.25, 0.3) is 10.9 Å². The monoisotopic (exact) mass is 528 g/mol. The number of pyridine rings is 1. The zero-order chi connectivity index (χ0) is 27.6. The summed E-state index contributed by atoms with van der Waals surface area (Å²) in [5.74, 6) is 2.41. The fourth-order valence-electron chi connectivity index (χ4n) is 4.75. The van der Waals surface area contributed by atoms with Crippen molar-refractivity contribution in [1.82, 2.24) is 30.1 Å². The standard InChI is InChI=1S/C29H32N6O4/c1-29(2,3)35-27(31-32-33-35)26(34(18-21-12-9-13-39-21)17-19-10-7-6-8-11-19)22-14-20-15-24(37-4)25(38-5)16-23(20)30-28(22)36/h6-16,26H,17-18H2,1-5H3,(H,30,36). The van der Waals surface area contributed by atoms with Crippen LogP contribution in [0.5, 0.6) is 11.5 Å². The maximum atomic E-state index is 13.8. The Bertz CT molecular complexity index is 1600. The van der Waals surface area contributed by atoms with E-state index >= 15 is 0 Å². The number of furan rings is 1. The molecule has 0 aliphatic heterocycles. The van der Waals surface area contributed by atoms with E-state index in [1.165, 1.54) is 0 Å². The second kappa shape index (κ2) is 10.7. The summed E-state index contributed by atoms with van der Waals surface area (Å²) in [5.41, 5.74) is 1.53. The molecule has 10 heteroatoms. The van der Waals surface area contributed by atoms with Gasteiger partial charge < -0.3 is 18.9 Å². The van der Waals surface area contributed by atoms with Crippen LogP contribution in [-0.4, -0.2) is 44.3 Å². The summed E-state index contributed by atoms with van der Waals surface area (Å²) in [7, 11) is 3.15. The highest BCUT2D eigenvalue weighted by Gasteiger charge is 2.34. The summed E-state index contributed by atoms with van der Waals surface area (Å²) in [4.78, 5) is 19.0. The predicted octanol–water partition coefficient (Wildman–Crippen LogP) is 4.67. The molecule has 1 unspecified atom stereocenters. The predicted molar refractivity (Wildman–Crippen MR) is 147 cm³/mol. The zero-order valence-corrected chi connectivity index (χ0v) is 22.7. The number of hydrogen-bond acceptors (Lipinski definition) is 8. The molecular weight excluding hydrogens is 496 g/mol. The third-order valence-electron chi connectivity index (χ3n) is 6.58. The quantitative estimate of drug-likeness (QED) is 0.294. The molecule has 39 heavy (non-hydrogen) atoms. The van der Waals surface area contributed by atoms with Crippen LogP contribution in [0.3, 0.4) is 0 Å². The number of methoxy groups -OCH3 is 2. The third-order valence-corrected chi connectivity index (χ3v) is 6.58. The molecule has 5 aromatic rings. The van der Waals surface area contributed by atoms with E-state index in [1.807, 2.05) is 63.2 Å². The third kappa shape index (κ3) is 5.42. The lowest BCUT2D eigenvalue weighted by atomic mass is 10.0. The van der Waals surface area contributed by atoms with E-state index in [-0.39, 0.29) is 5.56 Å². The summed E-state index contributed by atoms with van der Waals surface area (Å²) < 4.78 is 18.5. The van der Waals surface area contributed by atoms with E-state index in [4.69, 9.17) is 13.9 Å². The second-order valence-corrected chi connectivity index (χ2v) is 10.3. The Morgan fingerprint density at radius 1 is 1.00 bits per heavy atom. The molecule has 0 spiro atoms. The Kier molecular flexibility index (Phi) is 7.21. The number of nitrogens with zero attached hydrogens (tertiary/aromatic N) is 5. The Labute approximate surface area is 226 Å². The zero-order valence-electron chi connectivity index (χ0n) is 22.7. The minimum absolute atomic E-state index is 0.249. The average Bonchev–Trinajstić information content (AvgIpc) is 3.61. The summed E-state index contributed by atoms with van der Waals surface area (Å²) in [6, 6.07) is 18.7.